The van der Waals surface area contributed by atoms with E-state index in [1.54, 1.807) is 41.8 Å². The minimum Gasteiger partial charge on any atom is -0.508 e. The second-order valence-corrected chi connectivity index (χ2v) is 5.96. The van der Waals surface area contributed by atoms with E-state index >= 15 is 0 Å². The number of aromatic hydroxyl groups is 1. The molecule has 21 heavy (non-hydrogen) atoms. The predicted octanol–water partition coefficient (Wildman–Crippen LogP) is 3.48. The van der Waals surface area contributed by atoms with Gasteiger partial charge < -0.3 is 9.84 Å². The molecule has 1 aliphatic carbocycles. The molecule has 1 aliphatic rings. The molecule has 108 valence electrons. The van der Waals surface area contributed by atoms with Crippen LogP contribution < -0.4 is 0 Å². The van der Waals surface area contributed by atoms with Gasteiger partial charge >= 0.3 is 5.97 Å². The first-order valence-electron chi connectivity index (χ1n) is 6.75. The van der Waals surface area contributed by atoms with Gasteiger partial charge in [0.15, 0.2) is 0 Å². The summed E-state index contributed by atoms with van der Waals surface area (Å²) in [6.07, 6.45) is 4.73. The smallest absolute Gasteiger partial charge is 0.341 e. The summed E-state index contributed by atoms with van der Waals surface area (Å²) in [5, 5.41) is 9.97. The molecule has 4 nitrogen and oxygen atoms in total. The third kappa shape index (κ3) is 2.69. The molecule has 1 N–H and O–H groups in total. The van der Waals surface area contributed by atoms with E-state index in [0.717, 1.165) is 30.4 Å². The minimum absolute atomic E-state index is 0.220. The first-order chi connectivity index (χ1) is 10.2. The third-order valence-electron chi connectivity index (χ3n) is 3.52. The second kappa shape index (κ2) is 5.69. The van der Waals surface area contributed by atoms with E-state index in [0.29, 0.717) is 10.6 Å². The summed E-state index contributed by atoms with van der Waals surface area (Å²) in [6.45, 7) is 0. The lowest BCUT2D eigenvalue weighted by Gasteiger charge is -2.01. The molecule has 1 aromatic carbocycles. The highest BCUT2D eigenvalue weighted by molar-refractivity contribution is 7.16. The van der Waals surface area contributed by atoms with Gasteiger partial charge in [0.25, 0.3) is 0 Å². The van der Waals surface area contributed by atoms with Crippen molar-refractivity contribution in [2.45, 2.75) is 19.3 Å². The van der Waals surface area contributed by atoms with Crippen molar-refractivity contribution in [3.63, 3.8) is 0 Å². The number of hydrogen-bond donors (Lipinski definition) is 1. The van der Waals surface area contributed by atoms with E-state index in [1.807, 2.05) is 0 Å². The van der Waals surface area contributed by atoms with E-state index < -0.39 is 0 Å². The number of ether oxygens (including phenoxy) is 1. The molecule has 0 radical (unpaired) electrons. The molecule has 0 amide bonds. The van der Waals surface area contributed by atoms with Gasteiger partial charge in [0.1, 0.15) is 10.8 Å². The number of phenolic OH excluding ortho intramolecular Hbond substituents is 1. The Morgan fingerprint density at radius 1 is 1.33 bits per heavy atom. The van der Waals surface area contributed by atoms with Gasteiger partial charge in [-0.05, 0) is 54.7 Å². The highest BCUT2D eigenvalue weighted by atomic mass is 32.1. The van der Waals surface area contributed by atoms with Gasteiger partial charge in [-0.3, -0.25) is 0 Å². The Morgan fingerprint density at radius 2 is 2.10 bits per heavy atom. The van der Waals surface area contributed by atoms with E-state index in [4.69, 9.17) is 4.74 Å². The zero-order chi connectivity index (χ0) is 14.8. The van der Waals surface area contributed by atoms with Gasteiger partial charge in [0.2, 0.25) is 0 Å². The van der Waals surface area contributed by atoms with Crippen molar-refractivity contribution in [3.05, 3.63) is 45.8 Å². The highest BCUT2D eigenvalue weighted by Crippen LogP contribution is 2.41. The summed E-state index contributed by atoms with van der Waals surface area (Å²) in [6, 6.07) is 6.77. The molecule has 3 rings (SSSR count). The number of carbonyl (C=O) groups excluding carboxylic acids is 1. The lowest BCUT2D eigenvalue weighted by molar-refractivity contribution is 0.0601. The van der Waals surface area contributed by atoms with Crippen LogP contribution in [0.15, 0.2) is 29.3 Å². The van der Waals surface area contributed by atoms with Crippen molar-refractivity contribution in [1.29, 1.82) is 0 Å². The number of hydrogen-bond acceptors (Lipinski definition) is 5. The SMILES string of the molecule is COC(=O)c1c(N=Cc2ccc(O)cc2)sc2c1CCC2. The first kappa shape index (κ1) is 13.8. The number of esters is 1. The number of fused-ring (bicyclic) bond motifs is 1. The second-order valence-electron chi connectivity index (χ2n) is 4.88. The molecule has 0 spiro atoms. The van der Waals surface area contributed by atoms with Crippen LogP contribution in [0, 0.1) is 0 Å². The average molecular weight is 301 g/mol. The zero-order valence-corrected chi connectivity index (χ0v) is 12.4. The zero-order valence-electron chi connectivity index (χ0n) is 11.6. The Kier molecular flexibility index (Phi) is 3.75. The number of methoxy groups -OCH3 is 1. The normalized spacial score (nSPS) is 13.6. The van der Waals surface area contributed by atoms with E-state index in [2.05, 4.69) is 4.99 Å². The van der Waals surface area contributed by atoms with Crippen molar-refractivity contribution < 1.29 is 14.6 Å². The topological polar surface area (TPSA) is 58.9 Å². The van der Waals surface area contributed by atoms with Crippen LogP contribution in [0.25, 0.3) is 0 Å². The molecule has 0 atom stereocenters. The quantitative estimate of drug-likeness (QED) is 0.697. The fourth-order valence-corrected chi connectivity index (χ4v) is 3.71. The Labute approximate surface area is 126 Å². The Hall–Kier alpha value is -2.14. The number of phenols is 1. The van der Waals surface area contributed by atoms with E-state index in [1.165, 1.54) is 12.0 Å². The summed E-state index contributed by atoms with van der Waals surface area (Å²) in [7, 11) is 1.40. The maximum absolute atomic E-state index is 12.0. The monoisotopic (exact) mass is 301 g/mol. The van der Waals surface area contributed by atoms with Gasteiger partial charge in [-0.15, -0.1) is 11.3 Å². The van der Waals surface area contributed by atoms with Gasteiger partial charge in [0.05, 0.1) is 12.7 Å². The van der Waals surface area contributed by atoms with Crippen molar-refractivity contribution in [2.75, 3.05) is 7.11 Å². The van der Waals surface area contributed by atoms with Crippen molar-refractivity contribution >= 4 is 28.5 Å². The summed E-state index contributed by atoms with van der Waals surface area (Å²) in [4.78, 5) is 17.7. The highest BCUT2D eigenvalue weighted by Gasteiger charge is 2.26. The predicted molar refractivity (Wildman–Crippen MR) is 83.0 cm³/mol. The standard InChI is InChI=1S/C16H15NO3S/c1-20-16(19)14-12-3-2-4-13(12)21-15(14)17-9-10-5-7-11(18)8-6-10/h5-9,18H,2-4H2,1H3. The van der Waals surface area contributed by atoms with Crippen LogP contribution in [0.5, 0.6) is 5.75 Å². The van der Waals surface area contributed by atoms with E-state index in [-0.39, 0.29) is 11.7 Å². The number of nitrogens with zero attached hydrogens (tertiary/aromatic N) is 1. The summed E-state index contributed by atoms with van der Waals surface area (Å²) in [5.74, 6) is -0.0928. The van der Waals surface area contributed by atoms with Crippen LogP contribution in [0.4, 0.5) is 5.00 Å². The molecular weight excluding hydrogens is 286 g/mol. The van der Waals surface area contributed by atoms with Gasteiger partial charge in [-0.1, -0.05) is 0 Å². The minimum atomic E-state index is -0.313. The van der Waals surface area contributed by atoms with Crippen LogP contribution in [-0.2, 0) is 17.6 Å². The third-order valence-corrected chi connectivity index (χ3v) is 4.72. The number of aryl methyl sites for hydroxylation is 1. The summed E-state index contributed by atoms with van der Waals surface area (Å²) >= 11 is 1.57. The fourth-order valence-electron chi connectivity index (χ4n) is 2.49. The molecule has 0 aliphatic heterocycles. The lowest BCUT2D eigenvalue weighted by atomic mass is 10.1. The largest absolute Gasteiger partial charge is 0.508 e. The molecular formula is C16H15NO3S. The molecule has 1 aromatic heterocycles. The molecule has 0 bridgehead atoms. The Bertz CT molecular complexity index is 701. The summed E-state index contributed by atoms with van der Waals surface area (Å²) in [5.41, 5.74) is 2.59. The maximum atomic E-state index is 12.0. The molecule has 0 saturated carbocycles. The molecule has 0 fully saturated rings. The molecule has 2 aromatic rings. The van der Waals surface area contributed by atoms with Crippen LogP contribution in [-0.4, -0.2) is 24.4 Å². The first-order valence-corrected chi connectivity index (χ1v) is 7.56. The number of thiophene rings is 1. The van der Waals surface area contributed by atoms with Crippen molar-refractivity contribution in [2.24, 2.45) is 4.99 Å². The summed E-state index contributed by atoms with van der Waals surface area (Å²) < 4.78 is 4.89. The molecule has 0 unspecified atom stereocenters. The fraction of sp³-hybridized carbons (Fsp3) is 0.250. The number of benzene rings is 1. The Balaban J connectivity index is 1.95. The van der Waals surface area contributed by atoms with Crippen LogP contribution in [0.2, 0.25) is 0 Å². The Morgan fingerprint density at radius 3 is 2.81 bits per heavy atom. The number of carbonyl (C=O) groups is 1. The maximum Gasteiger partial charge on any atom is 0.341 e. The van der Waals surface area contributed by atoms with Crippen molar-refractivity contribution in [1.82, 2.24) is 0 Å². The van der Waals surface area contributed by atoms with Gasteiger partial charge in [-0.2, -0.15) is 0 Å². The van der Waals surface area contributed by atoms with Gasteiger partial charge in [-0.25, -0.2) is 9.79 Å². The van der Waals surface area contributed by atoms with E-state index in [9.17, 15) is 9.90 Å². The van der Waals surface area contributed by atoms with Crippen LogP contribution >= 0.6 is 11.3 Å². The molecule has 0 saturated heterocycles. The lowest BCUT2D eigenvalue weighted by Crippen LogP contribution is -2.02. The van der Waals surface area contributed by atoms with Crippen molar-refractivity contribution in [3.8, 4) is 5.75 Å². The van der Waals surface area contributed by atoms with Gasteiger partial charge in [0, 0.05) is 11.1 Å². The van der Waals surface area contributed by atoms with Crippen LogP contribution in [0.1, 0.15) is 32.8 Å². The number of aliphatic imine (C=N–C) groups is 1. The van der Waals surface area contributed by atoms with Crippen LogP contribution in [0.3, 0.4) is 0 Å². The number of rotatable bonds is 3. The average Bonchev–Trinajstić information content (AvgIpc) is 3.06. The molecule has 1 heterocycles. The molecule has 5 heteroatoms.